The highest BCUT2D eigenvalue weighted by Crippen LogP contribution is 2.24. The maximum Gasteiger partial charge on any atom is 0.413 e. The zero-order chi connectivity index (χ0) is 31.2. The van der Waals surface area contributed by atoms with E-state index in [4.69, 9.17) is 5.73 Å². The van der Waals surface area contributed by atoms with E-state index >= 15 is 0 Å². The lowest BCUT2D eigenvalue weighted by Crippen LogP contribution is -2.57. The van der Waals surface area contributed by atoms with Crippen LogP contribution >= 0.6 is 0 Å². The highest BCUT2D eigenvalue weighted by atomic mass is 32.2. The van der Waals surface area contributed by atoms with Crippen molar-refractivity contribution in [3.05, 3.63) is 54.1 Å². The Balaban J connectivity index is 1.74. The minimum Gasteiger partial charge on any atom is -0.453 e. The first-order valence-electron chi connectivity index (χ1n) is 13.8. The number of rotatable bonds is 12. The number of amides is 2. The minimum atomic E-state index is -3.79. The van der Waals surface area contributed by atoms with Crippen LogP contribution < -0.4 is 11.1 Å². The molecule has 1 aromatic heterocycles. The van der Waals surface area contributed by atoms with E-state index in [0.29, 0.717) is 17.5 Å². The number of methoxy groups -OCH3 is 1. The molecule has 0 fully saturated rings. The first-order valence-corrected chi connectivity index (χ1v) is 15.4. The topological polar surface area (TPSA) is 171 Å². The Morgan fingerprint density at radius 3 is 2.38 bits per heavy atom. The molecule has 1 heterocycles. The lowest BCUT2D eigenvalue weighted by molar-refractivity contribution is -0.249. The normalized spacial score (nSPS) is 14.4. The number of nitrogens with two attached hydrogens (primary N) is 1. The number of aromatic amines is 1. The molecule has 1 unspecified atom stereocenters. The Kier molecular flexibility index (Phi) is 10.7. The van der Waals surface area contributed by atoms with Crippen LogP contribution in [0.1, 0.15) is 40.2 Å². The van der Waals surface area contributed by atoms with E-state index in [1.807, 2.05) is 58.0 Å². The number of benzene rings is 2. The second-order valence-electron chi connectivity index (χ2n) is 11.9. The van der Waals surface area contributed by atoms with Crippen LogP contribution in [-0.2, 0) is 25.8 Å². The van der Waals surface area contributed by atoms with Crippen molar-refractivity contribution in [2.45, 2.75) is 52.0 Å². The monoisotopic (exact) mass is 602 g/mol. The predicted octanol–water partition coefficient (Wildman–Crippen LogP) is 3.84. The van der Waals surface area contributed by atoms with Crippen LogP contribution in [0.2, 0.25) is 0 Å². The highest BCUT2D eigenvalue weighted by Gasteiger charge is 2.35. The van der Waals surface area contributed by atoms with E-state index in [9.17, 15) is 23.2 Å². The van der Waals surface area contributed by atoms with Crippen LogP contribution in [0.4, 0.5) is 10.7 Å². The number of hydrogen-bond acceptors (Lipinski definition) is 9. The van der Waals surface area contributed by atoms with Gasteiger partial charge in [-0.25, -0.2) is 18.2 Å². The Morgan fingerprint density at radius 1 is 1.10 bits per heavy atom. The summed E-state index contributed by atoms with van der Waals surface area (Å²) >= 11 is 0. The van der Waals surface area contributed by atoms with Gasteiger partial charge in [-0.3, -0.25) is 20.3 Å². The molecule has 0 aliphatic rings. The number of ether oxygens (including phenoxy) is 1. The van der Waals surface area contributed by atoms with Gasteiger partial charge < -0.3 is 15.5 Å². The van der Waals surface area contributed by atoms with Crippen LogP contribution in [0, 0.1) is 17.3 Å². The highest BCUT2D eigenvalue weighted by molar-refractivity contribution is 7.91. The molecule has 0 saturated heterocycles. The van der Waals surface area contributed by atoms with E-state index in [1.165, 1.54) is 30.3 Å². The number of hydrogen-bond donors (Lipinski definition) is 4. The fraction of sp³-hybridized carbons (Fsp3) is 0.483. The van der Waals surface area contributed by atoms with Gasteiger partial charge in [0.25, 0.3) is 5.91 Å². The summed E-state index contributed by atoms with van der Waals surface area (Å²) in [5.74, 6) is -1.18. The number of H-pyrrole nitrogens is 1. The van der Waals surface area contributed by atoms with Crippen LogP contribution in [0.25, 0.3) is 11.0 Å². The summed E-state index contributed by atoms with van der Waals surface area (Å²) in [4.78, 5) is 32.0. The molecule has 0 bridgehead atoms. The van der Waals surface area contributed by atoms with Gasteiger partial charge >= 0.3 is 6.09 Å². The van der Waals surface area contributed by atoms with Gasteiger partial charge in [0, 0.05) is 13.1 Å². The molecule has 3 aromatic rings. The summed E-state index contributed by atoms with van der Waals surface area (Å²) in [7, 11) is -2.57. The number of sulfone groups is 1. The maximum absolute atomic E-state index is 13.5. The average molecular weight is 603 g/mol. The van der Waals surface area contributed by atoms with Crippen LogP contribution in [-0.4, -0.2) is 77.8 Å². The summed E-state index contributed by atoms with van der Waals surface area (Å²) in [6, 6.07) is 13.4. The lowest BCUT2D eigenvalue weighted by Gasteiger charge is -2.37. The zero-order valence-corrected chi connectivity index (χ0v) is 25.8. The van der Waals surface area contributed by atoms with Crippen molar-refractivity contribution < 1.29 is 28.0 Å². The third-order valence-electron chi connectivity index (χ3n) is 6.84. The van der Waals surface area contributed by atoms with Crippen molar-refractivity contribution in [1.29, 1.82) is 0 Å². The third kappa shape index (κ3) is 8.74. The van der Waals surface area contributed by atoms with Crippen molar-refractivity contribution in [2.75, 3.05) is 31.3 Å². The molecule has 230 valence electrons. The molecule has 12 nitrogen and oxygen atoms in total. The number of imidazole rings is 1. The van der Waals surface area contributed by atoms with Crippen molar-refractivity contribution in [3.63, 3.8) is 0 Å². The molecule has 5 N–H and O–H groups in total. The number of nitrogens with zero attached hydrogens (tertiary/aromatic N) is 3. The van der Waals surface area contributed by atoms with Crippen LogP contribution in [0.5, 0.6) is 0 Å². The summed E-state index contributed by atoms with van der Waals surface area (Å²) in [6.07, 6.45) is -0.0326. The van der Waals surface area contributed by atoms with E-state index in [2.05, 4.69) is 20.0 Å². The zero-order valence-electron chi connectivity index (χ0n) is 25.0. The molecule has 42 heavy (non-hydrogen) atoms. The largest absolute Gasteiger partial charge is 0.453 e. The molecular weight excluding hydrogens is 560 g/mol. The number of hydrazine groups is 1. The average Bonchev–Trinajstić information content (AvgIpc) is 3.31. The second-order valence-corrected chi connectivity index (χ2v) is 13.9. The molecule has 0 spiro atoms. The molecule has 0 saturated carbocycles. The fourth-order valence-electron chi connectivity index (χ4n) is 4.50. The molecule has 2 aromatic carbocycles. The van der Waals surface area contributed by atoms with Gasteiger partial charge in [-0.15, -0.1) is 0 Å². The summed E-state index contributed by atoms with van der Waals surface area (Å²) in [5.41, 5.74) is 7.72. The summed E-state index contributed by atoms with van der Waals surface area (Å²) < 4.78 is 31.1. The van der Waals surface area contributed by atoms with Gasteiger partial charge in [0.05, 0.1) is 34.8 Å². The number of carbonyl (C=O) groups excluding carboxylic acids is 2. The molecule has 2 amide bonds. The summed E-state index contributed by atoms with van der Waals surface area (Å²) in [5, 5.41) is 15.6. The molecule has 13 heteroatoms. The molecule has 0 aliphatic carbocycles. The smallest absolute Gasteiger partial charge is 0.413 e. The Morgan fingerprint density at radius 2 is 1.76 bits per heavy atom. The first-order chi connectivity index (χ1) is 19.6. The third-order valence-corrected chi connectivity index (χ3v) is 8.82. The number of aromatic nitrogens is 2. The van der Waals surface area contributed by atoms with Crippen molar-refractivity contribution in [3.8, 4) is 0 Å². The van der Waals surface area contributed by atoms with Gasteiger partial charge in [0.15, 0.2) is 9.84 Å². The van der Waals surface area contributed by atoms with Gasteiger partial charge in [-0.2, -0.15) is 0 Å². The van der Waals surface area contributed by atoms with E-state index < -0.39 is 39.2 Å². The minimum absolute atomic E-state index is 0.0168. The molecular formula is C29H42N6O6S. The fourth-order valence-corrected chi connectivity index (χ4v) is 6.11. The maximum atomic E-state index is 13.5. The quantitative estimate of drug-likeness (QED) is 0.225. The van der Waals surface area contributed by atoms with E-state index in [-0.39, 0.29) is 35.6 Å². The van der Waals surface area contributed by atoms with E-state index in [1.54, 1.807) is 6.92 Å². The van der Waals surface area contributed by atoms with Gasteiger partial charge in [-0.1, -0.05) is 70.1 Å². The van der Waals surface area contributed by atoms with Crippen LogP contribution in [0.3, 0.4) is 0 Å². The van der Waals surface area contributed by atoms with Gasteiger partial charge in [-0.05, 0) is 47.4 Å². The van der Waals surface area contributed by atoms with Crippen molar-refractivity contribution >= 4 is 38.8 Å². The number of nitrogens with one attached hydrogen (secondary N) is 2. The molecule has 0 radical (unpaired) electrons. The number of anilines is 1. The van der Waals surface area contributed by atoms with Crippen LogP contribution in [0.15, 0.2) is 53.4 Å². The van der Waals surface area contributed by atoms with Crippen molar-refractivity contribution in [2.24, 2.45) is 23.0 Å². The molecule has 3 atom stereocenters. The number of hydroxylamine groups is 1. The Labute approximate surface area is 247 Å². The molecule has 0 aliphatic heterocycles. The Bertz CT molecular complexity index is 1470. The predicted molar refractivity (Wildman–Crippen MR) is 160 cm³/mol. The summed E-state index contributed by atoms with van der Waals surface area (Å²) in [6.45, 7) is 9.31. The first kappa shape index (κ1) is 33.0. The van der Waals surface area contributed by atoms with Gasteiger partial charge in [0.2, 0.25) is 5.95 Å². The van der Waals surface area contributed by atoms with Crippen molar-refractivity contribution in [1.82, 2.24) is 20.1 Å². The number of carbonyl (C=O) groups is 2. The van der Waals surface area contributed by atoms with Gasteiger partial charge in [0.1, 0.15) is 0 Å². The standard InChI is InChI=1S/C29H42N6O6S/c1-19(14-21-10-8-7-9-11-21)16-34(26(36)25(30)29(3,4)5)35(38)17-20(2)18-42(39,40)22-12-13-23-24(15-22)32-27(31-23)33-28(37)41-6/h7-13,15,19-20,25,38H,14,16-18,30H2,1-6H3,(H2,31,32,33,37)/t19-,20+,25?/m0/s1. The molecule has 3 rings (SSSR count). The SMILES string of the molecule is COC(=O)Nc1nc2ccc(S(=O)(=O)C[C@H](C)CN(O)N(C[C@@H](C)Cc3ccccc3)C(=O)C(N)C(C)(C)C)cc2[nH]1. The number of fused-ring (bicyclic) bond motifs is 1. The van der Waals surface area contributed by atoms with E-state index in [0.717, 1.165) is 10.7 Å². The lowest BCUT2D eigenvalue weighted by atomic mass is 9.86. The second kappa shape index (κ2) is 13.6. The Hall–Kier alpha value is -3.52.